The minimum atomic E-state index is -1.16. The fourth-order valence-electron chi connectivity index (χ4n) is 1.54. The summed E-state index contributed by atoms with van der Waals surface area (Å²) in [5, 5.41) is 21.3. The van der Waals surface area contributed by atoms with Crippen molar-refractivity contribution in [1.29, 1.82) is 0 Å². The molecule has 8 nitrogen and oxygen atoms in total. The molecule has 1 rings (SSSR count). The Kier molecular flexibility index (Phi) is 6.24. The lowest BCUT2D eigenvalue weighted by molar-refractivity contribution is -0.489. The molecule has 0 saturated heterocycles. The third-order valence-corrected chi connectivity index (χ3v) is 2.40. The molecule has 0 aliphatic carbocycles. The van der Waals surface area contributed by atoms with Crippen LogP contribution >= 0.6 is 0 Å². The summed E-state index contributed by atoms with van der Waals surface area (Å²) in [7, 11) is 1.51. The molecule has 0 aliphatic rings. The van der Waals surface area contributed by atoms with Crippen molar-refractivity contribution in [2.45, 2.75) is 12.5 Å². The fourth-order valence-corrected chi connectivity index (χ4v) is 1.54. The number of ether oxygens (including phenoxy) is 2. The van der Waals surface area contributed by atoms with E-state index in [0.717, 1.165) is 0 Å². The predicted molar refractivity (Wildman–Crippen MR) is 70.9 cm³/mol. The Labute approximate surface area is 115 Å². The predicted octanol–water partition coefficient (Wildman–Crippen LogP) is 1.84. The molecule has 1 aromatic rings. The van der Waals surface area contributed by atoms with Gasteiger partial charge in [0, 0.05) is 30.7 Å². The van der Waals surface area contributed by atoms with Crippen molar-refractivity contribution in [1.82, 2.24) is 0 Å². The summed E-state index contributed by atoms with van der Waals surface area (Å²) >= 11 is 0. The topological polar surface area (TPSA) is 111 Å². The van der Waals surface area contributed by atoms with Crippen LogP contribution in [0.15, 0.2) is 24.3 Å². The summed E-state index contributed by atoms with van der Waals surface area (Å²) in [6, 6.07) is 6.13. The summed E-state index contributed by atoms with van der Waals surface area (Å²) in [5.74, 6) is 0.434. The Bertz CT molecular complexity index is 448. The van der Waals surface area contributed by atoms with Crippen LogP contribution < -0.4 is 10.1 Å². The van der Waals surface area contributed by atoms with Gasteiger partial charge in [0.15, 0.2) is 6.10 Å². The highest BCUT2D eigenvalue weighted by Gasteiger charge is 2.17. The van der Waals surface area contributed by atoms with Crippen LogP contribution in [0.5, 0.6) is 5.75 Å². The number of amides is 1. The van der Waals surface area contributed by atoms with Crippen LogP contribution in [0.4, 0.5) is 10.5 Å². The molecule has 8 heteroatoms. The first-order valence-electron chi connectivity index (χ1n) is 5.88. The quantitative estimate of drug-likeness (QED) is 0.556. The van der Waals surface area contributed by atoms with Gasteiger partial charge >= 0.3 is 6.09 Å². The first-order chi connectivity index (χ1) is 9.51. The average Bonchev–Trinajstić information content (AvgIpc) is 2.37. The number of methoxy groups -OCH3 is 1. The molecule has 0 aromatic heterocycles. The summed E-state index contributed by atoms with van der Waals surface area (Å²) in [4.78, 5) is 20.5. The number of anilines is 1. The molecule has 0 spiro atoms. The molecular weight excluding hydrogens is 268 g/mol. The van der Waals surface area contributed by atoms with E-state index in [1.807, 2.05) is 0 Å². The smallest absolute Gasteiger partial charge is 0.409 e. The zero-order chi connectivity index (χ0) is 15.0. The minimum Gasteiger partial charge on any atom is -0.483 e. The number of carbonyl (C=O) groups is 1. The molecule has 0 fully saturated rings. The minimum absolute atomic E-state index is 0.321. The molecule has 20 heavy (non-hydrogen) atoms. The molecule has 0 bridgehead atoms. The van der Waals surface area contributed by atoms with Gasteiger partial charge in [-0.25, -0.2) is 4.79 Å². The van der Waals surface area contributed by atoms with Gasteiger partial charge in [0.25, 0.3) is 0 Å². The molecule has 1 unspecified atom stereocenters. The highest BCUT2D eigenvalue weighted by atomic mass is 16.6. The number of hydrogen-bond donors (Lipinski definition) is 2. The second kappa shape index (κ2) is 7.95. The second-order valence-electron chi connectivity index (χ2n) is 3.99. The normalized spacial score (nSPS) is 11.7. The van der Waals surface area contributed by atoms with Crippen LogP contribution in [0.3, 0.4) is 0 Å². The van der Waals surface area contributed by atoms with E-state index in [1.165, 1.54) is 19.2 Å². The maximum atomic E-state index is 10.5. The second-order valence-corrected chi connectivity index (χ2v) is 3.99. The number of hydrogen-bond acceptors (Lipinski definition) is 5. The van der Waals surface area contributed by atoms with Crippen molar-refractivity contribution in [2.75, 3.05) is 25.6 Å². The fraction of sp³-hybridized carbons (Fsp3) is 0.417. The Balaban J connectivity index is 2.62. The number of nitro groups is 1. The van der Waals surface area contributed by atoms with E-state index in [4.69, 9.17) is 14.6 Å². The van der Waals surface area contributed by atoms with Crippen molar-refractivity contribution >= 4 is 11.8 Å². The van der Waals surface area contributed by atoms with E-state index in [-0.39, 0.29) is 6.54 Å². The molecule has 2 N–H and O–H groups in total. The van der Waals surface area contributed by atoms with Gasteiger partial charge in [-0.2, -0.15) is 0 Å². The third-order valence-electron chi connectivity index (χ3n) is 2.40. The van der Waals surface area contributed by atoms with Gasteiger partial charge in [0.2, 0.25) is 6.54 Å². The van der Waals surface area contributed by atoms with Gasteiger partial charge in [-0.3, -0.25) is 15.4 Å². The summed E-state index contributed by atoms with van der Waals surface area (Å²) in [6.07, 6.45) is -1.36. The average molecular weight is 284 g/mol. The lowest BCUT2D eigenvalue weighted by Crippen LogP contribution is -2.27. The number of benzene rings is 1. The van der Waals surface area contributed by atoms with Crippen LogP contribution in [0.1, 0.15) is 6.42 Å². The molecule has 0 heterocycles. The molecule has 0 aliphatic heterocycles. The van der Waals surface area contributed by atoms with Gasteiger partial charge < -0.3 is 14.6 Å². The van der Waals surface area contributed by atoms with Crippen LogP contribution in [-0.2, 0) is 4.74 Å². The van der Waals surface area contributed by atoms with E-state index in [0.29, 0.717) is 24.5 Å². The SMILES string of the molecule is COCCC(C[N+](=O)[O-])Oc1ccc(NC(=O)O)cc1. The Morgan fingerprint density at radius 3 is 2.60 bits per heavy atom. The third kappa shape index (κ3) is 6.01. The maximum Gasteiger partial charge on any atom is 0.409 e. The van der Waals surface area contributed by atoms with Crippen molar-refractivity contribution in [3.8, 4) is 5.75 Å². The highest BCUT2D eigenvalue weighted by Crippen LogP contribution is 2.18. The molecular formula is C12H16N2O6. The van der Waals surface area contributed by atoms with Crippen LogP contribution in [0.25, 0.3) is 0 Å². The van der Waals surface area contributed by atoms with Gasteiger partial charge in [-0.05, 0) is 24.3 Å². The van der Waals surface area contributed by atoms with Crippen molar-refractivity contribution in [3.05, 3.63) is 34.4 Å². The number of carboxylic acid groups (broad SMARTS) is 1. The van der Waals surface area contributed by atoms with Gasteiger partial charge in [-0.15, -0.1) is 0 Å². The Hall–Kier alpha value is -2.35. The van der Waals surface area contributed by atoms with E-state index >= 15 is 0 Å². The van der Waals surface area contributed by atoms with Crippen molar-refractivity contribution in [2.24, 2.45) is 0 Å². The standard InChI is InChI=1S/C12H16N2O6/c1-19-7-6-11(8-14(17)18)20-10-4-2-9(3-5-10)13-12(15)16/h2-5,11,13H,6-8H2,1H3,(H,15,16). The largest absolute Gasteiger partial charge is 0.483 e. The Morgan fingerprint density at radius 1 is 1.45 bits per heavy atom. The first-order valence-corrected chi connectivity index (χ1v) is 5.88. The number of nitrogens with zero attached hydrogens (tertiary/aromatic N) is 1. The van der Waals surface area contributed by atoms with Gasteiger partial charge in [0.05, 0.1) is 0 Å². The summed E-state index contributed by atoms with van der Waals surface area (Å²) < 4.78 is 10.4. The molecule has 0 saturated carbocycles. The lowest BCUT2D eigenvalue weighted by atomic mass is 10.2. The molecule has 1 amide bonds. The zero-order valence-corrected chi connectivity index (χ0v) is 10.9. The summed E-state index contributed by atoms with van der Waals surface area (Å²) in [5.41, 5.74) is 0.396. The maximum absolute atomic E-state index is 10.5. The first kappa shape index (κ1) is 15.7. The van der Waals surface area contributed by atoms with Crippen LogP contribution in [0, 0.1) is 10.1 Å². The van der Waals surface area contributed by atoms with E-state index < -0.39 is 17.1 Å². The van der Waals surface area contributed by atoms with E-state index in [9.17, 15) is 14.9 Å². The molecule has 0 radical (unpaired) electrons. The molecule has 1 atom stereocenters. The summed E-state index contributed by atoms with van der Waals surface area (Å²) in [6.45, 7) is 0.0373. The number of nitrogens with one attached hydrogen (secondary N) is 1. The van der Waals surface area contributed by atoms with Crippen molar-refractivity contribution in [3.63, 3.8) is 0 Å². The Morgan fingerprint density at radius 2 is 2.10 bits per heavy atom. The number of rotatable bonds is 8. The van der Waals surface area contributed by atoms with Crippen LogP contribution in [-0.4, -0.2) is 42.5 Å². The van der Waals surface area contributed by atoms with Crippen molar-refractivity contribution < 1.29 is 24.3 Å². The lowest BCUT2D eigenvalue weighted by Gasteiger charge is -2.15. The van der Waals surface area contributed by atoms with Crippen LogP contribution in [0.2, 0.25) is 0 Å². The van der Waals surface area contributed by atoms with E-state index in [1.54, 1.807) is 12.1 Å². The van der Waals surface area contributed by atoms with Gasteiger partial charge in [-0.1, -0.05) is 0 Å². The monoisotopic (exact) mass is 284 g/mol. The highest BCUT2D eigenvalue weighted by molar-refractivity contribution is 5.82. The molecule has 110 valence electrons. The van der Waals surface area contributed by atoms with Gasteiger partial charge in [0.1, 0.15) is 5.75 Å². The zero-order valence-electron chi connectivity index (χ0n) is 10.9. The van der Waals surface area contributed by atoms with E-state index in [2.05, 4.69) is 5.32 Å². The molecule has 1 aromatic carbocycles.